The molecule has 350 valence electrons. The van der Waals surface area contributed by atoms with Gasteiger partial charge in [0.05, 0.1) is 0 Å². The maximum Gasteiger partial charge on any atom is 0.306 e. The fraction of sp³-hybridized carbons (Fsp3) is 0.943. The first kappa shape index (κ1) is 57.4. The molecule has 1 atom stereocenters. The van der Waals surface area contributed by atoms with Gasteiger partial charge in [0.15, 0.2) is 6.10 Å². The minimum Gasteiger partial charge on any atom is -0.462 e. The van der Waals surface area contributed by atoms with Crippen molar-refractivity contribution in [2.24, 2.45) is 11.8 Å². The van der Waals surface area contributed by atoms with Gasteiger partial charge >= 0.3 is 17.9 Å². The average Bonchev–Trinajstić information content (AvgIpc) is 3.20. The van der Waals surface area contributed by atoms with Crippen molar-refractivity contribution in [1.29, 1.82) is 0 Å². The molecule has 59 heavy (non-hydrogen) atoms. The summed E-state index contributed by atoms with van der Waals surface area (Å²) in [6.07, 6.45) is 46.6. The Morgan fingerprint density at radius 1 is 0.322 bits per heavy atom. The number of esters is 3. The lowest BCUT2D eigenvalue weighted by molar-refractivity contribution is -0.167. The van der Waals surface area contributed by atoms with Gasteiger partial charge in [-0.2, -0.15) is 0 Å². The van der Waals surface area contributed by atoms with Crippen molar-refractivity contribution in [2.45, 2.75) is 298 Å². The van der Waals surface area contributed by atoms with Crippen molar-refractivity contribution in [3.05, 3.63) is 0 Å². The summed E-state index contributed by atoms with van der Waals surface area (Å²) in [5.41, 5.74) is 0. The van der Waals surface area contributed by atoms with Gasteiger partial charge < -0.3 is 14.2 Å². The Morgan fingerprint density at radius 3 is 0.831 bits per heavy atom. The molecule has 0 rings (SSSR count). The first-order valence-electron chi connectivity index (χ1n) is 26.2. The van der Waals surface area contributed by atoms with E-state index < -0.39 is 6.10 Å². The van der Waals surface area contributed by atoms with Crippen molar-refractivity contribution in [1.82, 2.24) is 0 Å². The fourth-order valence-electron chi connectivity index (χ4n) is 7.99. The molecule has 0 aromatic rings. The molecule has 6 heteroatoms. The van der Waals surface area contributed by atoms with Gasteiger partial charge in [0.25, 0.3) is 0 Å². The van der Waals surface area contributed by atoms with E-state index in [1.165, 1.54) is 180 Å². The van der Waals surface area contributed by atoms with E-state index in [0.717, 1.165) is 69.6 Å². The van der Waals surface area contributed by atoms with Crippen LogP contribution in [-0.2, 0) is 28.6 Å². The number of carbonyl (C=O) groups excluding carboxylic acids is 3. The Kier molecular flexibility index (Phi) is 44.7. The summed E-state index contributed by atoms with van der Waals surface area (Å²) in [6, 6.07) is 0. The lowest BCUT2D eigenvalue weighted by atomic mass is 10.0. The molecule has 0 aliphatic carbocycles. The molecule has 0 fully saturated rings. The maximum absolute atomic E-state index is 12.8. The number of unbranched alkanes of at least 4 members (excludes halogenated alkanes) is 32. The summed E-state index contributed by atoms with van der Waals surface area (Å²) in [5.74, 6) is 0.798. The molecule has 0 spiro atoms. The molecule has 6 nitrogen and oxygen atoms in total. The Bertz CT molecular complexity index is 900. The second-order valence-electron chi connectivity index (χ2n) is 19.1. The number of hydrogen-bond acceptors (Lipinski definition) is 6. The van der Waals surface area contributed by atoms with Gasteiger partial charge in [-0.3, -0.25) is 14.4 Å². The molecule has 0 aliphatic heterocycles. The van der Waals surface area contributed by atoms with Gasteiger partial charge in [-0.05, 0) is 31.1 Å². The topological polar surface area (TPSA) is 78.9 Å². The van der Waals surface area contributed by atoms with Gasteiger partial charge in [-0.15, -0.1) is 0 Å². The molecule has 0 aliphatic rings. The molecule has 0 unspecified atom stereocenters. The fourth-order valence-corrected chi connectivity index (χ4v) is 7.99. The van der Waals surface area contributed by atoms with Crippen molar-refractivity contribution >= 4 is 17.9 Å². The largest absolute Gasteiger partial charge is 0.462 e. The van der Waals surface area contributed by atoms with Gasteiger partial charge in [0, 0.05) is 19.3 Å². The van der Waals surface area contributed by atoms with Crippen LogP contribution in [0.25, 0.3) is 0 Å². The third-order valence-corrected chi connectivity index (χ3v) is 12.0. The number of carbonyl (C=O) groups is 3. The van der Waals surface area contributed by atoms with Crippen LogP contribution in [0, 0.1) is 11.8 Å². The summed E-state index contributed by atoms with van der Waals surface area (Å²) in [7, 11) is 0. The molecule has 0 aromatic heterocycles. The summed E-state index contributed by atoms with van der Waals surface area (Å²) in [4.78, 5) is 38.0. The van der Waals surface area contributed by atoms with Crippen molar-refractivity contribution in [3.8, 4) is 0 Å². The molecule has 0 heterocycles. The van der Waals surface area contributed by atoms with Gasteiger partial charge in [0.1, 0.15) is 13.2 Å². The lowest BCUT2D eigenvalue weighted by Crippen LogP contribution is -2.30. The predicted molar refractivity (Wildman–Crippen MR) is 252 cm³/mol. The third kappa shape index (κ3) is 47.3. The summed E-state index contributed by atoms with van der Waals surface area (Å²) >= 11 is 0. The highest BCUT2D eigenvalue weighted by Gasteiger charge is 2.19. The predicted octanol–water partition coefficient (Wildman–Crippen LogP) is 16.9. The van der Waals surface area contributed by atoms with E-state index in [1.54, 1.807) is 0 Å². The first-order valence-corrected chi connectivity index (χ1v) is 26.2. The summed E-state index contributed by atoms with van der Waals surface area (Å²) in [6.45, 7) is 11.4. The molecule has 0 amide bonds. The summed E-state index contributed by atoms with van der Waals surface area (Å²) in [5, 5.41) is 0. The van der Waals surface area contributed by atoms with Crippen LogP contribution in [0.1, 0.15) is 291 Å². The number of rotatable bonds is 47. The molecular formula is C53H102O6. The highest BCUT2D eigenvalue weighted by molar-refractivity contribution is 5.71. The molecule has 0 aromatic carbocycles. The lowest BCUT2D eigenvalue weighted by Gasteiger charge is -2.18. The van der Waals surface area contributed by atoms with Crippen LogP contribution in [0.5, 0.6) is 0 Å². The van der Waals surface area contributed by atoms with Crippen molar-refractivity contribution in [3.63, 3.8) is 0 Å². The van der Waals surface area contributed by atoms with E-state index >= 15 is 0 Å². The van der Waals surface area contributed by atoms with E-state index in [9.17, 15) is 14.4 Å². The van der Waals surface area contributed by atoms with Gasteiger partial charge in [-0.1, -0.05) is 253 Å². The second-order valence-corrected chi connectivity index (χ2v) is 19.1. The zero-order valence-corrected chi connectivity index (χ0v) is 40.4. The Hall–Kier alpha value is -1.59. The Balaban J connectivity index is 4.32. The average molecular weight is 835 g/mol. The molecular weight excluding hydrogens is 733 g/mol. The molecule has 0 radical (unpaired) electrons. The van der Waals surface area contributed by atoms with Crippen LogP contribution in [0.2, 0.25) is 0 Å². The third-order valence-electron chi connectivity index (χ3n) is 12.0. The van der Waals surface area contributed by atoms with Crippen molar-refractivity contribution < 1.29 is 28.6 Å². The van der Waals surface area contributed by atoms with Crippen LogP contribution in [-0.4, -0.2) is 37.2 Å². The zero-order chi connectivity index (χ0) is 43.3. The molecule has 0 saturated carbocycles. The Labute approximate surface area is 368 Å². The second kappa shape index (κ2) is 45.9. The standard InChI is InChI=1S/C53H102O6/c1-6-7-8-9-10-11-12-13-14-17-25-30-35-40-45-53(56)59-50(47-58-52(55)44-39-34-29-24-20-19-22-27-32-37-42-49(4)5)46-57-51(54)43-38-33-28-23-18-15-16-21-26-31-36-41-48(2)3/h48-50H,6-47H2,1-5H3/t50-/m0/s1. The minimum atomic E-state index is -0.761. The smallest absolute Gasteiger partial charge is 0.306 e. The van der Waals surface area contributed by atoms with Gasteiger partial charge in [-0.25, -0.2) is 0 Å². The molecule has 0 bridgehead atoms. The van der Waals surface area contributed by atoms with E-state index in [4.69, 9.17) is 14.2 Å². The minimum absolute atomic E-state index is 0.0637. The monoisotopic (exact) mass is 835 g/mol. The van der Waals surface area contributed by atoms with Crippen LogP contribution in [0.3, 0.4) is 0 Å². The van der Waals surface area contributed by atoms with Crippen LogP contribution in [0.4, 0.5) is 0 Å². The first-order chi connectivity index (χ1) is 28.7. The number of ether oxygens (including phenoxy) is 3. The highest BCUT2D eigenvalue weighted by Crippen LogP contribution is 2.17. The maximum atomic E-state index is 12.8. The quantitative estimate of drug-likeness (QED) is 0.0345. The zero-order valence-electron chi connectivity index (χ0n) is 40.4. The number of hydrogen-bond donors (Lipinski definition) is 0. The molecule has 0 N–H and O–H groups in total. The van der Waals surface area contributed by atoms with E-state index in [-0.39, 0.29) is 31.1 Å². The van der Waals surface area contributed by atoms with Gasteiger partial charge in [0.2, 0.25) is 0 Å². The highest BCUT2D eigenvalue weighted by atomic mass is 16.6. The van der Waals surface area contributed by atoms with E-state index in [1.807, 2.05) is 0 Å². The Morgan fingerprint density at radius 2 is 0.559 bits per heavy atom. The van der Waals surface area contributed by atoms with E-state index in [2.05, 4.69) is 34.6 Å². The molecule has 0 saturated heterocycles. The van der Waals surface area contributed by atoms with Crippen LogP contribution >= 0.6 is 0 Å². The normalized spacial score (nSPS) is 12.1. The van der Waals surface area contributed by atoms with Crippen LogP contribution < -0.4 is 0 Å². The van der Waals surface area contributed by atoms with Crippen LogP contribution in [0.15, 0.2) is 0 Å². The van der Waals surface area contributed by atoms with Crippen molar-refractivity contribution in [2.75, 3.05) is 13.2 Å². The summed E-state index contributed by atoms with van der Waals surface area (Å²) < 4.78 is 16.8. The SMILES string of the molecule is CCCCCCCCCCCCCCCCC(=O)O[C@@H](COC(=O)CCCCCCCCCCCCCC(C)C)COC(=O)CCCCCCCCCCCCC(C)C. The van der Waals surface area contributed by atoms with E-state index in [0.29, 0.717) is 19.3 Å².